The van der Waals surface area contributed by atoms with E-state index in [0.29, 0.717) is 11.4 Å². The molecule has 1 amide bonds. The minimum atomic E-state index is -1.35. The van der Waals surface area contributed by atoms with Crippen LogP contribution in [0.5, 0.6) is 0 Å². The molecule has 100 valence electrons. The highest BCUT2D eigenvalue weighted by Crippen LogP contribution is 2.18. The molecule has 0 bridgehead atoms. The van der Waals surface area contributed by atoms with Gasteiger partial charge in [0.05, 0.1) is 13.2 Å². The number of Topliss-reactive ketones (excluding diaryl/α,β-unsaturated/α-hetero) is 1. The number of carbonyl (C=O) groups excluding carboxylic acids is 3. The lowest BCUT2D eigenvalue weighted by Crippen LogP contribution is -2.31. The number of carbonyl (C=O) groups is 3. The summed E-state index contributed by atoms with van der Waals surface area (Å²) in [6.07, 6.45) is 0.329. The molecule has 1 aliphatic heterocycles. The predicted octanol–water partition coefficient (Wildman–Crippen LogP) is 0.739. The van der Waals surface area contributed by atoms with Gasteiger partial charge in [0, 0.05) is 5.02 Å². The fourth-order valence-corrected chi connectivity index (χ4v) is 2.13. The lowest BCUT2D eigenvalue weighted by Gasteiger charge is -2.08. The Morgan fingerprint density at radius 1 is 1.32 bits per heavy atom. The van der Waals surface area contributed by atoms with Crippen molar-refractivity contribution < 1.29 is 19.1 Å². The zero-order chi connectivity index (χ0) is 14.0. The summed E-state index contributed by atoms with van der Waals surface area (Å²) in [5, 5.41) is 3.11. The van der Waals surface area contributed by atoms with Crippen molar-refractivity contribution in [2.45, 2.75) is 12.5 Å². The van der Waals surface area contributed by atoms with E-state index in [9.17, 15) is 14.4 Å². The lowest BCUT2D eigenvalue weighted by atomic mass is 9.98. The quantitative estimate of drug-likeness (QED) is 0.655. The molecule has 2 atom stereocenters. The molecule has 5 nitrogen and oxygen atoms in total. The molecule has 1 aliphatic rings. The highest BCUT2D eigenvalue weighted by atomic mass is 35.5. The number of esters is 1. The van der Waals surface area contributed by atoms with Gasteiger partial charge in [-0.25, -0.2) is 0 Å². The van der Waals surface area contributed by atoms with Crippen LogP contribution in [0.2, 0.25) is 5.02 Å². The second-order valence-corrected chi connectivity index (χ2v) is 4.69. The number of hydrogen-bond donors (Lipinski definition) is 1. The predicted molar refractivity (Wildman–Crippen MR) is 67.6 cm³/mol. The Morgan fingerprint density at radius 3 is 2.53 bits per heavy atom. The van der Waals surface area contributed by atoms with Crippen LogP contribution < -0.4 is 5.32 Å². The highest BCUT2D eigenvalue weighted by Gasteiger charge is 2.46. The van der Waals surface area contributed by atoms with Crippen LogP contribution in [0.1, 0.15) is 5.56 Å². The third kappa shape index (κ3) is 2.76. The third-order valence-electron chi connectivity index (χ3n) is 3.00. The standard InChI is InChI=1S/C13H12ClNO4/c1-19-13(18)10-11(16)9(15-12(10)17)6-7-2-4-8(14)5-3-7/h2-5,9-10H,6H2,1H3,(H,15,17). The summed E-state index contributed by atoms with van der Waals surface area (Å²) in [7, 11) is 1.15. The summed E-state index contributed by atoms with van der Waals surface area (Å²) < 4.78 is 4.45. The van der Waals surface area contributed by atoms with Crippen molar-refractivity contribution in [3.8, 4) is 0 Å². The maximum absolute atomic E-state index is 12.0. The number of halogens is 1. The van der Waals surface area contributed by atoms with Crippen LogP contribution in [-0.2, 0) is 25.5 Å². The molecule has 1 heterocycles. The number of ether oxygens (including phenoxy) is 1. The van der Waals surface area contributed by atoms with Gasteiger partial charge in [-0.15, -0.1) is 0 Å². The number of methoxy groups -OCH3 is 1. The number of benzene rings is 1. The molecule has 1 saturated heterocycles. The maximum atomic E-state index is 12.0. The molecule has 2 rings (SSSR count). The molecule has 0 spiro atoms. The van der Waals surface area contributed by atoms with E-state index in [1.54, 1.807) is 24.3 Å². The topological polar surface area (TPSA) is 72.5 Å². The monoisotopic (exact) mass is 281 g/mol. The molecular formula is C13H12ClNO4. The number of rotatable bonds is 3. The SMILES string of the molecule is COC(=O)C1C(=O)NC(Cc2ccc(Cl)cc2)C1=O. The summed E-state index contributed by atoms with van der Waals surface area (Å²) in [5.41, 5.74) is 0.855. The van der Waals surface area contributed by atoms with E-state index < -0.39 is 29.6 Å². The van der Waals surface area contributed by atoms with Gasteiger partial charge in [-0.3, -0.25) is 14.4 Å². The summed E-state index contributed by atoms with van der Waals surface area (Å²) in [5.74, 6) is -3.22. The normalized spacial score (nSPS) is 22.2. The minimum absolute atomic E-state index is 0.329. The Bertz CT molecular complexity index is 526. The van der Waals surface area contributed by atoms with Crippen molar-refractivity contribution in [2.24, 2.45) is 5.92 Å². The molecule has 1 aromatic carbocycles. The van der Waals surface area contributed by atoms with Crippen molar-refractivity contribution in [1.82, 2.24) is 5.32 Å². The van der Waals surface area contributed by atoms with Gasteiger partial charge < -0.3 is 10.1 Å². The van der Waals surface area contributed by atoms with E-state index >= 15 is 0 Å². The molecule has 2 unspecified atom stereocenters. The molecule has 6 heteroatoms. The van der Waals surface area contributed by atoms with E-state index in [1.165, 1.54) is 0 Å². The van der Waals surface area contributed by atoms with E-state index in [-0.39, 0.29) is 0 Å². The summed E-state index contributed by atoms with van der Waals surface area (Å²) in [4.78, 5) is 34.9. The first-order valence-electron chi connectivity index (χ1n) is 5.69. The van der Waals surface area contributed by atoms with Crippen LogP contribution in [0.25, 0.3) is 0 Å². The Morgan fingerprint density at radius 2 is 1.95 bits per heavy atom. The van der Waals surface area contributed by atoms with Gasteiger partial charge >= 0.3 is 5.97 Å². The van der Waals surface area contributed by atoms with Gasteiger partial charge in [-0.2, -0.15) is 0 Å². The number of amides is 1. The fraction of sp³-hybridized carbons (Fsp3) is 0.308. The van der Waals surface area contributed by atoms with Crippen molar-refractivity contribution in [3.63, 3.8) is 0 Å². The van der Waals surface area contributed by atoms with E-state index in [4.69, 9.17) is 11.6 Å². The first-order chi connectivity index (χ1) is 9.02. The number of hydrogen-bond acceptors (Lipinski definition) is 4. The summed E-state index contributed by atoms with van der Waals surface area (Å²) >= 11 is 5.77. The Hall–Kier alpha value is -1.88. The first-order valence-corrected chi connectivity index (χ1v) is 6.07. The molecule has 1 aromatic rings. The molecule has 0 aliphatic carbocycles. The van der Waals surface area contributed by atoms with Crippen LogP contribution in [0.3, 0.4) is 0 Å². The number of nitrogens with one attached hydrogen (secondary N) is 1. The Kier molecular flexibility index (Phi) is 3.85. The van der Waals surface area contributed by atoms with E-state index in [0.717, 1.165) is 12.7 Å². The van der Waals surface area contributed by atoms with Gasteiger partial charge in [-0.05, 0) is 24.1 Å². The molecular weight excluding hydrogens is 270 g/mol. The van der Waals surface area contributed by atoms with Crippen molar-refractivity contribution >= 4 is 29.3 Å². The summed E-state index contributed by atoms with van der Waals surface area (Å²) in [6.45, 7) is 0. The molecule has 0 radical (unpaired) electrons. The molecule has 1 fully saturated rings. The highest BCUT2D eigenvalue weighted by molar-refractivity contribution is 6.30. The average Bonchev–Trinajstić information content (AvgIpc) is 2.66. The molecule has 0 saturated carbocycles. The van der Waals surface area contributed by atoms with Crippen LogP contribution >= 0.6 is 11.6 Å². The lowest BCUT2D eigenvalue weighted by molar-refractivity contribution is -0.151. The smallest absolute Gasteiger partial charge is 0.325 e. The largest absolute Gasteiger partial charge is 0.468 e. The zero-order valence-electron chi connectivity index (χ0n) is 10.2. The van der Waals surface area contributed by atoms with E-state index in [1.807, 2.05) is 0 Å². The maximum Gasteiger partial charge on any atom is 0.325 e. The summed E-state index contributed by atoms with van der Waals surface area (Å²) in [6, 6.07) is 6.25. The minimum Gasteiger partial charge on any atom is -0.468 e. The molecule has 1 N–H and O–H groups in total. The average molecular weight is 282 g/mol. The third-order valence-corrected chi connectivity index (χ3v) is 3.25. The molecule has 19 heavy (non-hydrogen) atoms. The van der Waals surface area contributed by atoms with E-state index in [2.05, 4.69) is 10.1 Å². The van der Waals surface area contributed by atoms with Gasteiger partial charge in [0.2, 0.25) is 5.91 Å². The number of ketones is 1. The zero-order valence-corrected chi connectivity index (χ0v) is 10.9. The van der Waals surface area contributed by atoms with Gasteiger partial charge in [0.15, 0.2) is 11.7 Å². The molecule has 0 aromatic heterocycles. The van der Waals surface area contributed by atoms with Gasteiger partial charge in [0.1, 0.15) is 0 Å². The van der Waals surface area contributed by atoms with Crippen molar-refractivity contribution in [3.05, 3.63) is 34.9 Å². The van der Waals surface area contributed by atoms with Crippen LogP contribution in [0, 0.1) is 5.92 Å². The van der Waals surface area contributed by atoms with Crippen LogP contribution in [0.15, 0.2) is 24.3 Å². The van der Waals surface area contributed by atoms with Crippen LogP contribution in [-0.4, -0.2) is 30.8 Å². The van der Waals surface area contributed by atoms with Crippen molar-refractivity contribution in [1.29, 1.82) is 0 Å². The van der Waals surface area contributed by atoms with Crippen molar-refractivity contribution in [2.75, 3.05) is 7.11 Å². The second kappa shape index (κ2) is 5.40. The van der Waals surface area contributed by atoms with Gasteiger partial charge in [-0.1, -0.05) is 23.7 Å². The Balaban J connectivity index is 2.11. The van der Waals surface area contributed by atoms with Crippen LogP contribution in [0.4, 0.5) is 0 Å². The Labute approximate surface area is 114 Å². The second-order valence-electron chi connectivity index (χ2n) is 4.25. The fourth-order valence-electron chi connectivity index (χ4n) is 2.01. The van der Waals surface area contributed by atoms with Gasteiger partial charge in [0.25, 0.3) is 0 Å². The first kappa shape index (κ1) is 13.5.